The highest BCUT2D eigenvalue weighted by atomic mass is 19.1. The number of anilines is 3. The molecule has 2 aliphatic rings. The van der Waals surface area contributed by atoms with E-state index in [1.54, 1.807) is 23.1 Å². The van der Waals surface area contributed by atoms with E-state index in [4.69, 9.17) is 0 Å². The summed E-state index contributed by atoms with van der Waals surface area (Å²) in [6.07, 6.45) is 0.925. The van der Waals surface area contributed by atoms with Crippen LogP contribution in [0.15, 0.2) is 42.5 Å². The average Bonchev–Trinajstić information content (AvgIpc) is 3.16. The number of urea groups is 1. The summed E-state index contributed by atoms with van der Waals surface area (Å²) >= 11 is 0. The molecule has 142 valence electrons. The summed E-state index contributed by atoms with van der Waals surface area (Å²) in [5.74, 6) is -0.688. The number of hydrogen-bond acceptors (Lipinski definition) is 3. The van der Waals surface area contributed by atoms with Crippen molar-refractivity contribution in [1.29, 1.82) is 0 Å². The number of likely N-dealkylation sites (tertiary alicyclic amines) is 1. The molecule has 0 aliphatic carbocycles. The van der Waals surface area contributed by atoms with Crippen molar-refractivity contribution in [2.75, 3.05) is 43.0 Å². The summed E-state index contributed by atoms with van der Waals surface area (Å²) in [6.45, 7) is 2.37. The minimum Gasteiger partial charge on any atom is -0.338 e. The maximum Gasteiger partial charge on any atom is 0.324 e. The van der Waals surface area contributed by atoms with Gasteiger partial charge in [-0.25, -0.2) is 13.6 Å². The number of benzene rings is 2. The second kappa shape index (κ2) is 7.15. The molecule has 1 N–H and O–H groups in total. The van der Waals surface area contributed by atoms with Crippen molar-refractivity contribution >= 4 is 23.1 Å². The molecule has 0 saturated carbocycles. The molecule has 5 nitrogen and oxygen atoms in total. The number of fused-ring (bicyclic) bond motifs is 1. The van der Waals surface area contributed by atoms with Crippen molar-refractivity contribution in [1.82, 2.24) is 10.2 Å². The number of nitrogens with zero attached hydrogens (tertiary/aromatic N) is 3. The van der Waals surface area contributed by atoms with Crippen LogP contribution in [0.3, 0.4) is 0 Å². The minimum atomic E-state index is -0.369. The lowest BCUT2D eigenvalue weighted by Crippen LogP contribution is -2.48. The molecule has 2 amide bonds. The van der Waals surface area contributed by atoms with E-state index in [9.17, 15) is 13.6 Å². The van der Waals surface area contributed by atoms with Gasteiger partial charge in [-0.3, -0.25) is 4.90 Å². The largest absolute Gasteiger partial charge is 0.338 e. The number of halogens is 2. The number of likely N-dealkylation sites (N-methyl/N-ethyl adjacent to an activating group) is 1. The zero-order chi connectivity index (χ0) is 19.0. The van der Waals surface area contributed by atoms with Gasteiger partial charge in [0.2, 0.25) is 0 Å². The van der Waals surface area contributed by atoms with Crippen LogP contribution in [-0.2, 0) is 0 Å². The highest BCUT2D eigenvalue weighted by Crippen LogP contribution is 2.38. The van der Waals surface area contributed by atoms with E-state index in [-0.39, 0.29) is 17.7 Å². The van der Waals surface area contributed by atoms with Crippen LogP contribution >= 0.6 is 0 Å². The first-order valence-electron chi connectivity index (χ1n) is 9.13. The van der Waals surface area contributed by atoms with Crippen LogP contribution in [-0.4, -0.2) is 50.2 Å². The molecule has 4 rings (SSSR count). The highest BCUT2D eigenvalue weighted by molar-refractivity contribution is 5.98. The minimum absolute atomic E-state index is 0.0561. The summed E-state index contributed by atoms with van der Waals surface area (Å²) in [7, 11) is 1.90. The van der Waals surface area contributed by atoms with E-state index in [1.165, 1.54) is 24.3 Å². The second-order valence-electron chi connectivity index (χ2n) is 6.92. The van der Waals surface area contributed by atoms with Gasteiger partial charge in [-0.15, -0.1) is 0 Å². The van der Waals surface area contributed by atoms with Gasteiger partial charge < -0.3 is 15.1 Å². The maximum atomic E-state index is 14.0. The molecule has 0 unspecified atom stereocenters. The smallest absolute Gasteiger partial charge is 0.324 e. The monoisotopic (exact) mass is 372 g/mol. The Morgan fingerprint density at radius 1 is 1.00 bits per heavy atom. The van der Waals surface area contributed by atoms with Gasteiger partial charge in [0.15, 0.2) is 0 Å². The Labute approximate surface area is 157 Å². The van der Waals surface area contributed by atoms with Crippen LogP contribution in [0, 0.1) is 11.6 Å². The quantitative estimate of drug-likeness (QED) is 0.879. The lowest BCUT2D eigenvalue weighted by Gasteiger charge is -2.39. The standard InChI is InChI=1S/C20H22F2N4O/c1-23-16-8-9-24(13-16)20(27)26-11-10-25(17-5-2-14(21)3-6-17)19-12-15(22)4-7-18(19)26/h2-7,12,16,23H,8-11,13H2,1H3/t16-/m0/s1. The predicted octanol–water partition coefficient (Wildman–Crippen LogP) is 3.34. The molecule has 0 bridgehead atoms. The summed E-state index contributed by atoms with van der Waals surface area (Å²) in [5, 5.41) is 3.21. The maximum absolute atomic E-state index is 14.0. The molecule has 0 spiro atoms. The van der Waals surface area contributed by atoms with Gasteiger partial charge in [0.25, 0.3) is 0 Å². The molecular formula is C20H22F2N4O. The van der Waals surface area contributed by atoms with Crippen LogP contribution in [0.1, 0.15) is 6.42 Å². The van der Waals surface area contributed by atoms with Gasteiger partial charge >= 0.3 is 6.03 Å². The molecule has 0 aromatic heterocycles. The molecule has 2 heterocycles. The number of carbonyl (C=O) groups excluding carboxylic acids is 1. The van der Waals surface area contributed by atoms with Crippen molar-refractivity contribution in [3.8, 4) is 0 Å². The van der Waals surface area contributed by atoms with E-state index in [0.29, 0.717) is 43.6 Å². The van der Waals surface area contributed by atoms with E-state index in [2.05, 4.69) is 5.32 Å². The molecule has 1 atom stereocenters. The number of nitrogens with one attached hydrogen (secondary N) is 1. The van der Waals surface area contributed by atoms with Crippen LogP contribution < -0.4 is 15.1 Å². The Bertz CT molecular complexity index is 842. The van der Waals surface area contributed by atoms with E-state index < -0.39 is 0 Å². The number of hydrogen-bond donors (Lipinski definition) is 1. The molecule has 7 heteroatoms. The summed E-state index contributed by atoms with van der Waals surface area (Å²) in [4.78, 5) is 18.5. The molecule has 2 aromatic rings. The van der Waals surface area contributed by atoms with Gasteiger partial charge in [-0.05, 0) is 55.9 Å². The third kappa shape index (κ3) is 3.35. The van der Waals surface area contributed by atoms with Crippen molar-refractivity contribution in [3.63, 3.8) is 0 Å². The zero-order valence-electron chi connectivity index (χ0n) is 15.2. The van der Waals surface area contributed by atoms with Crippen LogP contribution in [0.4, 0.5) is 30.6 Å². The molecule has 0 radical (unpaired) electrons. The molecular weight excluding hydrogens is 350 g/mol. The van der Waals surface area contributed by atoms with Gasteiger partial charge in [0, 0.05) is 37.9 Å². The first-order valence-corrected chi connectivity index (χ1v) is 9.13. The fraction of sp³-hybridized carbons (Fsp3) is 0.350. The van der Waals surface area contributed by atoms with Gasteiger partial charge in [-0.2, -0.15) is 0 Å². The van der Waals surface area contributed by atoms with Crippen LogP contribution in [0.2, 0.25) is 0 Å². The zero-order valence-corrected chi connectivity index (χ0v) is 15.2. The first kappa shape index (κ1) is 17.7. The van der Waals surface area contributed by atoms with E-state index in [0.717, 1.165) is 12.1 Å². The Morgan fingerprint density at radius 3 is 2.44 bits per heavy atom. The Kier molecular flexibility index (Phi) is 4.70. The van der Waals surface area contributed by atoms with Gasteiger partial charge in [-0.1, -0.05) is 0 Å². The molecule has 1 saturated heterocycles. The number of amides is 2. The topological polar surface area (TPSA) is 38.8 Å². The fourth-order valence-electron chi connectivity index (χ4n) is 3.81. The van der Waals surface area contributed by atoms with Crippen LogP contribution in [0.25, 0.3) is 0 Å². The Morgan fingerprint density at radius 2 is 1.74 bits per heavy atom. The Balaban J connectivity index is 1.65. The predicted molar refractivity (Wildman–Crippen MR) is 102 cm³/mol. The van der Waals surface area contributed by atoms with Crippen molar-refractivity contribution in [2.45, 2.75) is 12.5 Å². The van der Waals surface area contributed by atoms with Crippen molar-refractivity contribution in [3.05, 3.63) is 54.1 Å². The highest BCUT2D eigenvalue weighted by Gasteiger charge is 2.33. The lowest BCUT2D eigenvalue weighted by molar-refractivity contribution is 0.214. The van der Waals surface area contributed by atoms with Crippen molar-refractivity contribution < 1.29 is 13.6 Å². The summed E-state index contributed by atoms with van der Waals surface area (Å²) in [5.41, 5.74) is 2.06. The van der Waals surface area contributed by atoms with E-state index in [1.807, 2.05) is 16.8 Å². The molecule has 1 fully saturated rings. The number of rotatable bonds is 2. The average molecular weight is 372 g/mol. The third-order valence-electron chi connectivity index (χ3n) is 5.30. The van der Waals surface area contributed by atoms with Crippen LogP contribution in [0.5, 0.6) is 0 Å². The fourth-order valence-corrected chi connectivity index (χ4v) is 3.81. The molecule has 2 aromatic carbocycles. The lowest BCUT2D eigenvalue weighted by atomic mass is 10.1. The second-order valence-corrected chi connectivity index (χ2v) is 6.92. The third-order valence-corrected chi connectivity index (χ3v) is 5.30. The van der Waals surface area contributed by atoms with E-state index >= 15 is 0 Å². The summed E-state index contributed by atoms with van der Waals surface area (Å²) in [6, 6.07) is 10.8. The molecule has 2 aliphatic heterocycles. The Hall–Kier alpha value is -2.67. The normalized spacial score (nSPS) is 19.4. The molecule has 27 heavy (non-hydrogen) atoms. The number of carbonyl (C=O) groups is 1. The SMILES string of the molecule is CN[C@H]1CCN(C(=O)N2CCN(c3ccc(F)cc3)c3cc(F)ccc32)C1. The first-order chi connectivity index (χ1) is 13.1. The van der Waals surface area contributed by atoms with Gasteiger partial charge in [0.1, 0.15) is 11.6 Å². The van der Waals surface area contributed by atoms with Crippen molar-refractivity contribution in [2.24, 2.45) is 0 Å². The summed E-state index contributed by atoms with van der Waals surface area (Å²) < 4.78 is 27.2. The van der Waals surface area contributed by atoms with Gasteiger partial charge in [0.05, 0.1) is 11.4 Å².